The van der Waals surface area contributed by atoms with Gasteiger partial charge in [-0.05, 0) is 73.8 Å². The molecule has 0 aliphatic carbocycles. The fourth-order valence-electron chi connectivity index (χ4n) is 4.13. The van der Waals surface area contributed by atoms with Gasteiger partial charge in [-0.2, -0.15) is 0 Å². The number of carbonyl (C=O) groups excluding carboxylic acids is 2. The molecule has 0 bridgehead atoms. The minimum absolute atomic E-state index is 0.0910. The Labute approximate surface area is 182 Å². The molecule has 0 spiro atoms. The zero-order valence-electron chi connectivity index (χ0n) is 17.6. The van der Waals surface area contributed by atoms with Gasteiger partial charge in [0.15, 0.2) is 0 Å². The Morgan fingerprint density at radius 3 is 2.52 bits per heavy atom. The van der Waals surface area contributed by atoms with Crippen LogP contribution in [-0.2, 0) is 11.2 Å². The maximum Gasteiger partial charge on any atom is 0.258 e. The van der Waals surface area contributed by atoms with Crippen LogP contribution < -0.4 is 10.2 Å². The molecule has 1 fully saturated rings. The number of carbonyl (C=O) groups is 2. The summed E-state index contributed by atoms with van der Waals surface area (Å²) in [5.74, 6) is -0.607. The van der Waals surface area contributed by atoms with Gasteiger partial charge in [0.25, 0.3) is 11.8 Å². The number of ether oxygens (including phenoxy) is 1. The van der Waals surface area contributed by atoms with Crippen molar-refractivity contribution in [2.45, 2.75) is 19.3 Å². The minimum Gasteiger partial charge on any atom is -0.379 e. The van der Waals surface area contributed by atoms with Crippen molar-refractivity contribution < 1.29 is 18.7 Å². The molecule has 0 atom stereocenters. The fourth-order valence-corrected chi connectivity index (χ4v) is 4.13. The molecule has 2 aliphatic rings. The Balaban J connectivity index is 1.36. The molecule has 2 aliphatic heterocycles. The molecule has 2 heterocycles. The summed E-state index contributed by atoms with van der Waals surface area (Å²) in [4.78, 5) is 29.6. The van der Waals surface area contributed by atoms with E-state index in [1.165, 1.54) is 24.3 Å². The number of hydrogen-bond donors (Lipinski definition) is 1. The van der Waals surface area contributed by atoms with E-state index in [9.17, 15) is 14.0 Å². The van der Waals surface area contributed by atoms with Crippen LogP contribution in [0.5, 0.6) is 0 Å². The van der Waals surface area contributed by atoms with Crippen molar-refractivity contribution in [1.82, 2.24) is 10.2 Å². The third-order valence-corrected chi connectivity index (χ3v) is 5.84. The first-order valence-corrected chi connectivity index (χ1v) is 10.9. The summed E-state index contributed by atoms with van der Waals surface area (Å²) in [5, 5.41) is 3.00. The molecule has 0 radical (unpaired) electrons. The predicted octanol–water partition coefficient (Wildman–Crippen LogP) is 2.87. The van der Waals surface area contributed by atoms with E-state index in [0.29, 0.717) is 24.2 Å². The lowest BCUT2D eigenvalue weighted by Gasteiger charge is -2.30. The van der Waals surface area contributed by atoms with E-state index in [1.807, 2.05) is 12.1 Å². The van der Waals surface area contributed by atoms with E-state index in [1.54, 1.807) is 11.0 Å². The first-order valence-electron chi connectivity index (χ1n) is 10.9. The van der Waals surface area contributed by atoms with Crippen LogP contribution in [0.15, 0.2) is 42.5 Å². The number of benzene rings is 2. The Kier molecular flexibility index (Phi) is 6.94. The summed E-state index contributed by atoms with van der Waals surface area (Å²) in [6.07, 6.45) is 2.54. The van der Waals surface area contributed by atoms with Gasteiger partial charge in [0.05, 0.1) is 13.2 Å². The van der Waals surface area contributed by atoms with Crippen molar-refractivity contribution in [2.75, 3.05) is 50.8 Å². The highest BCUT2D eigenvalue weighted by Crippen LogP contribution is 2.29. The van der Waals surface area contributed by atoms with Gasteiger partial charge in [0.1, 0.15) is 5.82 Å². The van der Waals surface area contributed by atoms with Gasteiger partial charge in [-0.15, -0.1) is 0 Å². The van der Waals surface area contributed by atoms with Crippen molar-refractivity contribution in [3.05, 3.63) is 65.0 Å². The third kappa shape index (κ3) is 5.29. The summed E-state index contributed by atoms with van der Waals surface area (Å²) in [6.45, 7) is 5.65. The van der Waals surface area contributed by atoms with Gasteiger partial charge in [0.2, 0.25) is 0 Å². The molecule has 0 aromatic heterocycles. The smallest absolute Gasteiger partial charge is 0.258 e. The summed E-state index contributed by atoms with van der Waals surface area (Å²) in [5.41, 5.74) is 2.88. The van der Waals surface area contributed by atoms with E-state index in [2.05, 4.69) is 10.2 Å². The average molecular weight is 426 g/mol. The Bertz CT molecular complexity index is 926. The molecule has 2 aromatic rings. The second-order valence-electron chi connectivity index (χ2n) is 7.97. The second kappa shape index (κ2) is 10.0. The SMILES string of the molecule is O=C(NCCCN1CCOCC1)c1ccc2c(c1)CCCN2C(=O)c1ccc(F)cc1. The molecule has 2 amide bonds. The van der Waals surface area contributed by atoms with Crippen molar-refractivity contribution in [2.24, 2.45) is 0 Å². The highest BCUT2D eigenvalue weighted by molar-refractivity contribution is 6.07. The zero-order valence-corrected chi connectivity index (χ0v) is 17.6. The number of morpholine rings is 1. The molecule has 2 aromatic carbocycles. The van der Waals surface area contributed by atoms with Crippen molar-refractivity contribution >= 4 is 17.5 Å². The fraction of sp³-hybridized carbons (Fsp3) is 0.417. The zero-order chi connectivity index (χ0) is 21.6. The quantitative estimate of drug-likeness (QED) is 0.723. The standard InChI is InChI=1S/C24H28FN3O3/c25-21-7-4-18(5-8-21)24(30)28-12-1-3-19-17-20(6-9-22(19)28)23(29)26-10-2-11-27-13-15-31-16-14-27/h4-9,17H,1-3,10-16H2,(H,26,29). The van der Waals surface area contributed by atoms with E-state index in [4.69, 9.17) is 4.74 Å². The first-order chi connectivity index (χ1) is 15.1. The van der Waals surface area contributed by atoms with Gasteiger partial charge in [-0.1, -0.05) is 0 Å². The van der Waals surface area contributed by atoms with Crippen LogP contribution >= 0.6 is 0 Å². The third-order valence-electron chi connectivity index (χ3n) is 5.84. The molecular formula is C24H28FN3O3. The highest BCUT2D eigenvalue weighted by atomic mass is 19.1. The number of anilines is 1. The molecule has 0 saturated carbocycles. The average Bonchev–Trinajstić information content (AvgIpc) is 2.81. The largest absolute Gasteiger partial charge is 0.379 e. The van der Waals surface area contributed by atoms with Crippen molar-refractivity contribution in [3.8, 4) is 0 Å². The van der Waals surface area contributed by atoms with E-state index in [0.717, 1.165) is 63.4 Å². The number of amides is 2. The number of hydrogen-bond acceptors (Lipinski definition) is 4. The summed E-state index contributed by atoms with van der Waals surface area (Å²) >= 11 is 0. The highest BCUT2D eigenvalue weighted by Gasteiger charge is 2.24. The van der Waals surface area contributed by atoms with Crippen LogP contribution in [-0.4, -0.2) is 62.7 Å². The van der Waals surface area contributed by atoms with Crippen LogP contribution in [0.4, 0.5) is 10.1 Å². The normalized spacial score (nSPS) is 16.6. The number of aryl methyl sites for hydroxylation is 1. The maximum atomic E-state index is 13.2. The van der Waals surface area contributed by atoms with E-state index < -0.39 is 0 Å². The van der Waals surface area contributed by atoms with Crippen molar-refractivity contribution in [3.63, 3.8) is 0 Å². The topological polar surface area (TPSA) is 61.9 Å². The maximum absolute atomic E-state index is 13.2. The molecule has 1 saturated heterocycles. The number of nitrogens with one attached hydrogen (secondary N) is 1. The molecular weight excluding hydrogens is 397 g/mol. The molecule has 31 heavy (non-hydrogen) atoms. The molecule has 4 rings (SSSR count). The Morgan fingerprint density at radius 1 is 1.00 bits per heavy atom. The summed E-state index contributed by atoms with van der Waals surface area (Å²) in [6, 6.07) is 11.1. The molecule has 164 valence electrons. The summed E-state index contributed by atoms with van der Waals surface area (Å²) < 4.78 is 18.5. The van der Waals surface area contributed by atoms with Crippen LogP contribution in [0, 0.1) is 5.82 Å². The number of fused-ring (bicyclic) bond motifs is 1. The van der Waals surface area contributed by atoms with Gasteiger partial charge in [-0.3, -0.25) is 14.5 Å². The first kappa shape index (κ1) is 21.5. The second-order valence-corrected chi connectivity index (χ2v) is 7.97. The lowest BCUT2D eigenvalue weighted by atomic mass is 9.98. The monoisotopic (exact) mass is 425 g/mol. The number of halogens is 1. The van der Waals surface area contributed by atoms with Gasteiger partial charge in [0, 0.05) is 43.0 Å². The molecule has 0 unspecified atom stereocenters. The number of nitrogens with zero attached hydrogens (tertiary/aromatic N) is 2. The molecule has 6 nitrogen and oxygen atoms in total. The lowest BCUT2D eigenvalue weighted by Crippen LogP contribution is -2.38. The summed E-state index contributed by atoms with van der Waals surface area (Å²) in [7, 11) is 0. The molecule has 7 heteroatoms. The van der Waals surface area contributed by atoms with Gasteiger partial charge >= 0.3 is 0 Å². The predicted molar refractivity (Wildman–Crippen MR) is 117 cm³/mol. The van der Waals surface area contributed by atoms with Crippen LogP contribution in [0.25, 0.3) is 0 Å². The Morgan fingerprint density at radius 2 is 1.74 bits per heavy atom. The van der Waals surface area contributed by atoms with E-state index >= 15 is 0 Å². The minimum atomic E-state index is -0.365. The van der Waals surface area contributed by atoms with Crippen LogP contribution in [0.2, 0.25) is 0 Å². The van der Waals surface area contributed by atoms with Gasteiger partial charge in [-0.25, -0.2) is 4.39 Å². The van der Waals surface area contributed by atoms with Crippen molar-refractivity contribution in [1.29, 1.82) is 0 Å². The number of rotatable bonds is 6. The lowest BCUT2D eigenvalue weighted by molar-refractivity contribution is 0.0374. The van der Waals surface area contributed by atoms with Gasteiger partial charge < -0.3 is 15.0 Å². The Hall–Kier alpha value is -2.77. The van der Waals surface area contributed by atoms with Crippen LogP contribution in [0.3, 0.4) is 0 Å². The molecule has 1 N–H and O–H groups in total. The van der Waals surface area contributed by atoms with Crippen LogP contribution in [0.1, 0.15) is 39.1 Å². The van der Waals surface area contributed by atoms with E-state index in [-0.39, 0.29) is 17.6 Å².